The van der Waals surface area contributed by atoms with Crippen LogP contribution < -0.4 is 4.72 Å². The molecule has 0 fully saturated rings. The van der Waals surface area contributed by atoms with Gasteiger partial charge in [-0.25, -0.2) is 4.39 Å². The zero-order chi connectivity index (χ0) is 16.4. The second-order valence-electron chi connectivity index (χ2n) is 4.66. The predicted octanol–water partition coefficient (Wildman–Crippen LogP) is 3.93. The molecule has 8 heteroatoms. The first-order valence-corrected chi connectivity index (χ1v) is 8.31. The summed E-state index contributed by atoms with van der Waals surface area (Å²) in [4.78, 5) is 0. The summed E-state index contributed by atoms with van der Waals surface area (Å²) in [7, 11) is -4.04. The van der Waals surface area contributed by atoms with Crippen molar-refractivity contribution in [2.45, 2.75) is 5.09 Å². The summed E-state index contributed by atoms with van der Waals surface area (Å²) in [6.07, 6.45) is 0. The fourth-order valence-electron chi connectivity index (χ4n) is 1.95. The number of hydrogen-bond acceptors (Lipinski definition) is 4. The van der Waals surface area contributed by atoms with E-state index in [9.17, 15) is 12.8 Å². The van der Waals surface area contributed by atoms with Crippen LogP contribution in [-0.4, -0.2) is 13.6 Å². The highest BCUT2D eigenvalue weighted by atomic mass is 35.5. The number of rotatable bonds is 4. The van der Waals surface area contributed by atoms with Gasteiger partial charge in [0.15, 0.2) is 0 Å². The zero-order valence-corrected chi connectivity index (χ0v) is 13.1. The van der Waals surface area contributed by atoms with Gasteiger partial charge in [-0.15, -0.1) is 0 Å². The van der Waals surface area contributed by atoms with Crippen molar-refractivity contribution in [3.8, 4) is 11.3 Å². The third-order valence-electron chi connectivity index (χ3n) is 2.94. The summed E-state index contributed by atoms with van der Waals surface area (Å²) in [5.41, 5.74) is 1.09. The van der Waals surface area contributed by atoms with Crippen LogP contribution in [0.15, 0.2) is 64.2 Å². The molecule has 1 aromatic heterocycles. The van der Waals surface area contributed by atoms with Crippen LogP contribution in [0.1, 0.15) is 0 Å². The Morgan fingerprint density at radius 2 is 1.83 bits per heavy atom. The average Bonchev–Trinajstić information content (AvgIpc) is 2.97. The molecule has 0 amide bonds. The first-order valence-electron chi connectivity index (χ1n) is 6.45. The maximum Gasteiger partial charge on any atom is 0.298 e. The molecule has 1 heterocycles. The van der Waals surface area contributed by atoms with Crippen molar-refractivity contribution in [2.75, 3.05) is 4.72 Å². The van der Waals surface area contributed by atoms with E-state index in [1.807, 2.05) is 6.07 Å². The Labute approximate surface area is 136 Å². The van der Waals surface area contributed by atoms with Crippen LogP contribution in [0.4, 0.5) is 10.1 Å². The molecule has 2 aromatic carbocycles. The molecule has 0 saturated heterocycles. The highest BCUT2D eigenvalue weighted by molar-refractivity contribution is 7.92. The Kier molecular flexibility index (Phi) is 4.06. The number of sulfonamides is 1. The van der Waals surface area contributed by atoms with E-state index in [0.29, 0.717) is 11.3 Å². The highest BCUT2D eigenvalue weighted by Gasteiger charge is 2.21. The van der Waals surface area contributed by atoms with E-state index in [1.54, 1.807) is 24.3 Å². The number of aromatic nitrogens is 1. The number of nitrogens with one attached hydrogen (secondary N) is 1. The Balaban J connectivity index is 1.90. The Morgan fingerprint density at radius 1 is 1.09 bits per heavy atom. The number of hydrogen-bond donors (Lipinski definition) is 1. The number of halogens is 2. The van der Waals surface area contributed by atoms with Crippen LogP contribution >= 0.6 is 11.6 Å². The second-order valence-corrected chi connectivity index (χ2v) is 6.71. The summed E-state index contributed by atoms with van der Waals surface area (Å²) in [6.45, 7) is 0. The van der Waals surface area contributed by atoms with Crippen LogP contribution in [0, 0.1) is 5.82 Å². The Morgan fingerprint density at radius 3 is 2.52 bits per heavy atom. The molecule has 5 nitrogen and oxygen atoms in total. The molecule has 1 N–H and O–H groups in total. The molecule has 0 spiro atoms. The molecule has 0 aliphatic rings. The minimum Gasteiger partial charge on any atom is -0.342 e. The molecule has 0 aliphatic carbocycles. The van der Waals surface area contributed by atoms with E-state index in [2.05, 4.69) is 9.88 Å². The lowest BCUT2D eigenvalue weighted by molar-refractivity contribution is 0.341. The van der Waals surface area contributed by atoms with Gasteiger partial charge in [0, 0.05) is 16.7 Å². The Hall–Kier alpha value is -2.38. The van der Waals surface area contributed by atoms with Gasteiger partial charge in [0.05, 0.1) is 5.69 Å². The lowest BCUT2D eigenvalue weighted by atomic mass is 10.2. The maximum absolute atomic E-state index is 13.3. The Bertz CT molecular complexity index is 922. The van der Waals surface area contributed by atoms with Crippen LogP contribution in [0.5, 0.6) is 0 Å². The minimum absolute atomic E-state index is 0.00680. The van der Waals surface area contributed by atoms with Crippen molar-refractivity contribution >= 4 is 27.3 Å². The SMILES string of the molecule is O=S(=O)(Nc1cc(F)cc(Cl)c1)c1cc(-c2ccccc2)no1. The van der Waals surface area contributed by atoms with Gasteiger partial charge >= 0.3 is 0 Å². The third kappa shape index (κ3) is 3.52. The van der Waals surface area contributed by atoms with E-state index in [0.717, 1.165) is 12.1 Å². The van der Waals surface area contributed by atoms with E-state index < -0.39 is 15.8 Å². The van der Waals surface area contributed by atoms with Crippen molar-refractivity contribution in [3.05, 3.63) is 65.4 Å². The normalized spacial score (nSPS) is 11.4. The second kappa shape index (κ2) is 6.02. The molecule has 0 saturated carbocycles. The van der Waals surface area contributed by atoms with E-state index in [1.165, 1.54) is 12.1 Å². The molecule has 0 atom stereocenters. The molecular formula is C15H10ClFN2O3S. The molecule has 0 unspecified atom stereocenters. The highest BCUT2D eigenvalue weighted by Crippen LogP contribution is 2.24. The van der Waals surface area contributed by atoms with Crippen molar-refractivity contribution in [1.29, 1.82) is 0 Å². The fraction of sp³-hybridized carbons (Fsp3) is 0. The average molecular weight is 353 g/mol. The summed E-state index contributed by atoms with van der Waals surface area (Å²) in [6, 6.07) is 13.6. The molecule has 3 aromatic rings. The van der Waals surface area contributed by atoms with Gasteiger partial charge in [-0.2, -0.15) is 8.42 Å². The first-order chi connectivity index (χ1) is 10.9. The van der Waals surface area contributed by atoms with Crippen molar-refractivity contribution in [2.24, 2.45) is 0 Å². The van der Waals surface area contributed by atoms with Gasteiger partial charge in [-0.3, -0.25) is 4.72 Å². The van der Waals surface area contributed by atoms with E-state index in [-0.39, 0.29) is 15.8 Å². The van der Waals surface area contributed by atoms with Crippen LogP contribution in [0.2, 0.25) is 5.02 Å². The van der Waals surface area contributed by atoms with Gasteiger partial charge in [0.25, 0.3) is 15.1 Å². The molecule has 0 radical (unpaired) electrons. The molecule has 3 rings (SSSR count). The fourth-order valence-corrected chi connectivity index (χ4v) is 3.10. The van der Waals surface area contributed by atoms with Crippen LogP contribution in [0.25, 0.3) is 11.3 Å². The van der Waals surface area contributed by atoms with Gasteiger partial charge in [-0.05, 0) is 18.2 Å². The van der Waals surface area contributed by atoms with Gasteiger partial charge in [0.1, 0.15) is 11.5 Å². The standard InChI is InChI=1S/C15H10ClFN2O3S/c16-11-6-12(17)8-13(7-11)19-23(20,21)15-9-14(18-22-15)10-4-2-1-3-5-10/h1-9,19H. The summed E-state index contributed by atoms with van der Waals surface area (Å²) < 4.78 is 44.9. The van der Waals surface area contributed by atoms with Crippen molar-refractivity contribution < 1.29 is 17.3 Å². The summed E-state index contributed by atoms with van der Waals surface area (Å²) in [5, 5.41) is 3.43. The number of nitrogens with zero attached hydrogens (tertiary/aromatic N) is 1. The van der Waals surface area contributed by atoms with Crippen molar-refractivity contribution in [3.63, 3.8) is 0 Å². The van der Waals surface area contributed by atoms with Gasteiger partial charge < -0.3 is 4.52 Å². The molecular weight excluding hydrogens is 343 g/mol. The van der Waals surface area contributed by atoms with E-state index >= 15 is 0 Å². The van der Waals surface area contributed by atoms with Crippen LogP contribution in [0.3, 0.4) is 0 Å². The zero-order valence-electron chi connectivity index (χ0n) is 11.5. The lowest BCUT2D eigenvalue weighted by Gasteiger charge is -2.05. The number of anilines is 1. The summed E-state index contributed by atoms with van der Waals surface area (Å²) in [5.74, 6) is -0.655. The number of benzene rings is 2. The van der Waals surface area contributed by atoms with Gasteiger partial charge in [0.2, 0.25) is 0 Å². The summed E-state index contributed by atoms with van der Waals surface area (Å²) >= 11 is 5.70. The quantitative estimate of drug-likeness (QED) is 0.772. The predicted molar refractivity (Wildman–Crippen MR) is 84.2 cm³/mol. The largest absolute Gasteiger partial charge is 0.342 e. The monoisotopic (exact) mass is 352 g/mol. The van der Waals surface area contributed by atoms with Crippen molar-refractivity contribution in [1.82, 2.24) is 5.16 Å². The lowest BCUT2D eigenvalue weighted by Crippen LogP contribution is -2.12. The topological polar surface area (TPSA) is 72.2 Å². The minimum atomic E-state index is -4.04. The maximum atomic E-state index is 13.3. The smallest absolute Gasteiger partial charge is 0.298 e. The molecule has 0 aliphatic heterocycles. The molecule has 118 valence electrons. The molecule has 0 bridgehead atoms. The molecule has 23 heavy (non-hydrogen) atoms. The first kappa shape index (κ1) is 15.5. The van der Waals surface area contributed by atoms with E-state index in [4.69, 9.17) is 16.1 Å². The van der Waals surface area contributed by atoms with Gasteiger partial charge in [-0.1, -0.05) is 47.1 Å². The van der Waals surface area contributed by atoms with Crippen LogP contribution in [-0.2, 0) is 10.0 Å². The third-order valence-corrected chi connectivity index (χ3v) is 4.38.